The fraction of sp³-hybridized carbons (Fsp3) is 0.909. The lowest BCUT2D eigenvalue weighted by Crippen LogP contribution is -2.55. The summed E-state index contributed by atoms with van der Waals surface area (Å²) in [7, 11) is 0. The van der Waals surface area contributed by atoms with E-state index in [1.807, 2.05) is 0 Å². The molecule has 2 aliphatic rings. The number of amides is 1. The molecule has 1 unspecified atom stereocenters. The largest absolute Gasteiger partial charge is 0.381 e. The number of hydrogen-bond acceptors (Lipinski definition) is 3. The molecule has 2 N–H and O–H groups in total. The number of nitrogens with one attached hydrogen (secondary N) is 2. The lowest BCUT2D eigenvalue weighted by molar-refractivity contribution is -0.126. The van der Waals surface area contributed by atoms with Gasteiger partial charge in [-0.25, -0.2) is 0 Å². The van der Waals surface area contributed by atoms with Gasteiger partial charge in [-0.1, -0.05) is 0 Å². The van der Waals surface area contributed by atoms with Gasteiger partial charge < -0.3 is 15.4 Å². The molecule has 2 heterocycles. The zero-order valence-corrected chi connectivity index (χ0v) is 10.5. The standard InChI is InChI=1S/C11H20N2O2.ClH/c1-8(9-3-6-15-7-4-9)13-11(14)10-2-5-12-10;/h8-10,12H,2-7H2,1H3,(H,13,14);1H/t8?,10-;/m1./s1. The van der Waals surface area contributed by atoms with Gasteiger partial charge in [0.25, 0.3) is 0 Å². The van der Waals surface area contributed by atoms with Crippen LogP contribution in [0.25, 0.3) is 0 Å². The van der Waals surface area contributed by atoms with Crippen LogP contribution in [-0.4, -0.2) is 37.7 Å². The van der Waals surface area contributed by atoms with Gasteiger partial charge in [0.05, 0.1) is 6.04 Å². The molecule has 0 aromatic rings. The molecule has 2 fully saturated rings. The number of halogens is 1. The Labute approximate surface area is 103 Å². The molecule has 4 nitrogen and oxygen atoms in total. The van der Waals surface area contributed by atoms with Crippen molar-refractivity contribution in [3.63, 3.8) is 0 Å². The van der Waals surface area contributed by atoms with Crippen molar-refractivity contribution in [2.24, 2.45) is 5.92 Å². The van der Waals surface area contributed by atoms with Crippen molar-refractivity contribution in [1.29, 1.82) is 0 Å². The minimum absolute atomic E-state index is 0. The highest BCUT2D eigenvalue weighted by Crippen LogP contribution is 2.18. The monoisotopic (exact) mass is 248 g/mol. The van der Waals surface area contributed by atoms with Gasteiger partial charge >= 0.3 is 0 Å². The number of ether oxygens (including phenoxy) is 1. The molecule has 0 saturated carbocycles. The molecule has 2 saturated heterocycles. The Bertz CT molecular complexity index is 228. The summed E-state index contributed by atoms with van der Waals surface area (Å²) in [5, 5.41) is 6.21. The minimum atomic E-state index is 0. The van der Waals surface area contributed by atoms with Gasteiger partial charge in [0.1, 0.15) is 0 Å². The SMILES string of the molecule is CC(NC(=O)[C@H]1CCN1)C1CCOCC1.Cl. The molecule has 0 bridgehead atoms. The lowest BCUT2D eigenvalue weighted by atomic mass is 9.92. The van der Waals surface area contributed by atoms with Crippen molar-refractivity contribution in [1.82, 2.24) is 10.6 Å². The maximum Gasteiger partial charge on any atom is 0.237 e. The Morgan fingerprint density at radius 3 is 2.50 bits per heavy atom. The number of carbonyl (C=O) groups is 1. The second kappa shape index (κ2) is 6.42. The van der Waals surface area contributed by atoms with Crippen molar-refractivity contribution in [2.75, 3.05) is 19.8 Å². The van der Waals surface area contributed by atoms with Crippen LogP contribution in [0.3, 0.4) is 0 Å². The van der Waals surface area contributed by atoms with Crippen molar-refractivity contribution in [3.05, 3.63) is 0 Å². The van der Waals surface area contributed by atoms with Crippen LogP contribution in [0.5, 0.6) is 0 Å². The van der Waals surface area contributed by atoms with E-state index in [0.717, 1.165) is 39.0 Å². The quantitative estimate of drug-likeness (QED) is 0.773. The van der Waals surface area contributed by atoms with Gasteiger partial charge in [-0.05, 0) is 38.6 Å². The summed E-state index contributed by atoms with van der Waals surface area (Å²) in [4.78, 5) is 11.7. The predicted octanol–water partition coefficient (Wildman–Crippen LogP) is 0.701. The van der Waals surface area contributed by atoms with Gasteiger partial charge in [0.15, 0.2) is 0 Å². The Balaban J connectivity index is 0.00000128. The van der Waals surface area contributed by atoms with E-state index in [1.165, 1.54) is 0 Å². The normalized spacial score (nSPS) is 27.4. The van der Waals surface area contributed by atoms with Crippen LogP contribution in [0.4, 0.5) is 0 Å². The third-order valence-electron chi connectivity index (χ3n) is 3.48. The van der Waals surface area contributed by atoms with E-state index in [1.54, 1.807) is 0 Å². The summed E-state index contributed by atoms with van der Waals surface area (Å²) in [6, 6.07) is 0.344. The molecule has 0 aromatic heterocycles. The highest BCUT2D eigenvalue weighted by atomic mass is 35.5. The highest BCUT2D eigenvalue weighted by Gasteiger charge is 2.28. The number of rotatable bonds is 3. The zero-order chi connectivity index (χ0) is 10.7. The second-order valence-corrected chi connectivity index (χ2v) is 4.54. The average molecular weight is 249 g/mol. The third kappa shape index (κ3) is 3.34. The molecule has 0 aromatic carbocycles. The summed E-state index contributed by atoms with van der Waals surface area (Å²) < 4.78 is 5.31. The average Bonchev–Trinajstić information content (AvgIpc) is 2.16. The van der Waals surface area contributed by atoms with Crippen molar-refractivity contribution in [2.45, 2.75) is 38.3 Å². The smallest absolute Gasteiger partial charge is 0.237 e. The number of carbonyl (C=O) groups excluding carboxylic acids is 1. The fourth-order valence-electron chi connectivity index (χ4n) is 2.17. The summed E-state index contributed by atoms with van der Waals surface area (Å²) >= 11 is 0. The molecule has 0 aliphatic carbocycles. The van der Waals surface area contributed by atoms with Crippen LogP contribution in [0, 0.1) is 5.92 Å². The molecule has 0 spiro atoms. The summed E-state index contributed by atoms with van der Waals surface area (Å²) in [5.41, 5.74) is 0. The first-order valence-electron chi connectivity index (χ1n) is 5.89. The van der Waals surface area contributed by atoms with E-state index in [9.17, 15) is 4.79 Å². The highest BCUT2D eigenvalue weighted by molar-refractivity contribution is 5.85. The van der Waals surface area contributed by atoms with E-state index in [2.05, 4.69) is 17.6 Å². The fourth-order valence-corrected chi connectivity index (χ4v) is 2.17. The van der Waals surface area contributed by atoms with Crippen molar-refractivity contribution < 1.29 is 9.53 Å². The third-order valence-corrected chi connectivity index (χ3v) is 3.48. The van der Waals surface area contributed by atoms with Crippen LogP contribution < -0.4 is 10.6 Å². The van der Waals surface area contributed by atoms with E-state index < -0.39 is 0 Å². The molecule has 2 rings (SSSR count). The predicted molar refractivity (Wildman–Crippen MR) is 64.8 cm³/mol. The topological polar surface area (TPSA) is 50.4 Å². The molecule has 0 radical (unpaired) electrons. The van der Waals surface area contributed by atoms with Crippen LogP contribution in [0.15, 0.2) is 0 Å². The summed E-state index contributed by atoms with van der Waals surface area (Å²) in [6.07, 6.45) is 3.12. The Kier molecular flexibility index (Phi) is 5.52. The Morgan fingerprint density at radius 1 is 1.38 bits per heavy atom. The van der Waals surface area contributed by atoms with Crippen molar-refractivity contribution in [3.8, 4) is 0 Å². The van der Waals surface area contributed by atoms with Gasteiger partial charge in [0.2, 0.25) is 5.91 Å². The van der Waals surface area contributed by atoms with E-state index in [-0.39, 0.29) is 30.4 Å². The molecule has 2 aliphatic heterocycles. The molecule has 5 heteroatoms. The van der Waals surface area contributed by atoms with Crippen LogP contribution in [0.1, 0.15) is 26.2 Å². The number of hydrogen-bond donors (Lipinski definition) is 2. The van der Waals surface area contributed by atoms with E-state index >= 15 is 0 Å². The van der Waals surface area contributed by atoms with Gasteiger partial charge in [-0.15, -0.1) is 12.4 Å². The molecule has 16 heavy (non-hydrogen) atoms. The van der Waals surface area contributed by atoms with E-state index in [0.29, 0.717) is 5.92 Å². The maximum absolute atomic E-state index is 11.7. The Morgan fingerprint density at radius 2 is 2.00 bits per heavy atom. The molecular formula is C11H21ClN2O2. The summed E-state index contributed by atoms with van der Waals surface area (Å²) in [6.45, 7) is 4.76. The zero-order valence-electron chi connectivity index (χ0n) is 9.70. The van der Waals surface area contributed by atoms with E-state index in [4.69, 9.17) is 4.74 Å². The first-order valence-corrected chi connectivity index (χ1v) is 5.89. The van der Waals surface area contributed by atoms with Gasteiger partial charge in [-0.2, -0.15) is 0 Å². The molecule has 1 amide bonds. The van der Waals surface area contributed by atoms with Crippen LogP contribution >= 0.6 is 12.4 Å². The van der Waals surface area contributed by atoms with Crippen LogP contribution in [0.2, 0.25) is 0 Å². The van der Waals surface area contributed by atoms with Gasteiger partial charge in [0, 0.05) is 19.3 Å². The Hall–Kier alpha value is -0.320. The molecule has 94 valence electrons. The first-order chi connectivity index (χ1) is 7.27. The summed E-state index contributed by atoms with van der Waals surface area (Å²) in [5.74, 6) is 0.753. The van der Waals surface area contributed by atoms with Gasteiger partial charge in [-0.3, -0.25) is 4.79 Å². The second-order valence-electron chi connectivity index (χ2n) is 4.54. The maximum atomic E-state index is 11.7. The molecule has 2 atom stereocenters. The first kappa shape index (κ1) is 13.7. The van der Waals surface area contributed by atoms with Crippen molar-refractivity contribution >= 4 is 18.3 Å². The molecular weight excluding hydrogens is 228 g/mol. The lowest BCUT2D eigenvalue weighted by Gasteiger charge is -2.32. The van der Waals surface area contributed by atoms with Crippen LogP contribution in [-0.2, 0) is 9.53 Å². The minimum Gasteiger partial charge on any atom is -0.381 e.